The van der Waals surface area contributed by atoms with Crippen LogP contribution in [0.4, 0.5) is 5.69 Å². The predicted octanol–water partition coefficient (Wildman–Crippen LogP) is 3.53. The number of nitrogens with zero attached hydrogens (tertiary/aromatic N) is 1. The van der Waals surface area contributed by atoms with Crippen LogP contribution in [0, 0.1) is 6.92 Å². The molecular weight excluding hydrogens is 366 g/mol. The molecule has 1 aromatic carbocycles. The van der Waals surface area contributed by atoms with E-state index in [4.69, 9.17) is 9.15 Å². The van der Waals surface area contributed by atoms with Gasteiger partial charge in [-0.2, -0.15) is 0 Å². The summed E-state index contributed by atoms with van der Waals surface area (Å²) in [6, 6.07) is 8.87. The summed E-state index contributed by atoms with van der Waals surface area (Å²) in [7, 11) is 0. The third kappa shape index (κ3) is 3.56. The van der Waals surface area contributed by atoms with Crippen molar-refractivity contribution in [3.8, 4) is 16.5 Å². The number of rotatable bonds is 4. The van der Waals surface area contributed by atoms with Crippen molar-refractivity contribution in [3.05, 3.63) is 52.7 Å². The molecule has 27 heavy (non-hydrogen) atoms. The summed E-state index contributed by atoms with van der Waals surface area (Å²) in [5.74, 6) is 1.60. The minimum absolute atomic E-state index is 0.0139. The molecule has 0 radical (unpaired) electrons. The highest BCUT2D eigenvalue weighted by atomic mass is 32.1. The maximum absolute atomic E-state index is 12.5. The van der Waals surface area contributed by atoms with Crippen molar-refractivity contribution in [2.45, 2.75) is 19.9 Å². The lowest BCUT2D eigenvalue weighted by Crippen LogP contribution is -2.28. The Hall–Kier alpha value is -3.13. The van der Waals surface area contributed by atoms with Crippen molar-refractivity contribution < 1.29 is 18.7 Å². The van der Waals surface area contributed by atoms with Crippen LogP contribution in [0.15, 0.2) is 40.1 Å². The van der Waals surface area contributed by atoms with E-state index < -0.39 is 0 Å². The number of ether oxygens (including phenoxy) is 1. The molecule has 4 rings (SSSR count). The van der Waals surface area contributed by atoms with Gasteiger partial charge in [0.05, 0.1) is 11.7 Å². The normalized spacial score (nSPS) is 14.1. The van der Waals surface area contributed by atoms with Crippen molar-refractivity contribution >= 4 is 28.8 Å². The van der Waals surface area contributed by atoms with Gasteiger partial charge >= 0.3 is 0 Å². The van der Waals surface area contributed by atoms with Gasteiger partial charge in [-0.25, -0.2) is 4.98 Å². The molecule has 2 amide bonds. The van der Waals surface area contributed by atoms with Gasteiger partial charge in [0.25, 0.3) is 11.8 Å². The van der Waals surface area contributed by atoms with Crippen molar-refractivity contribution in [2.24, 2.45) is 0 Å². The Morgan fingerprint density at radius 2 is 2.19 bits per heavy atom. The summed E-state index contributed by atoms with van der Waals surface area (Å²) in [5, 5.41) is 8.05. The molecule has 0 aliphatic carbocycles. The van der Waals surface area contributed by atoms with E-state index in [1.807, 2.05) is 32.0 Å². The number of carbonyl (C=O) groups is 2. The number of fused-ring (bicyclic) bond motifs is 1. The van der Waals surface area contributed by atoms with E-state index in [0.29, 0.717) is 27.9 Å². The Morgan fingerprint density at radius 1 is 1.33 bits per heavy atom. The van der Waals surface area contributed by atoms with Crippen LogP contribution in [0.5, 0.6) is 5.75 Å². The van der Waals surface area contributed by atoms with Crippen LogP contribution in [-0.4, -0.2) is 23.4 Å². The first kappa shape index (κ1) is 17.3. The molecule has 1 atom stereocenters. The Kier molecular flexibility index (Phi) is 4.41. The first-order chi connectivity index (χ1) is 13.0. The summed E-state index contributed by atoms with van der Waals surface area (Å²) < 4.78 is 10.9. The Balaban J connectivity index is 1.47. The zero-order valence-corrected chi connectivity index (χ0v) is 15.6. The quantitative estimate of drug-likeness (QED) is 0.719. The van der Waals surface area contributed by atoms with E-state index in [1.54, 1.807) is 17.5 Å². The van der Waals surface area contributed by atoms with Gasteiger partial charge in [0.1, 0.15) is 17.2 Å². The SMILES string of the molecule is Cc1ccc(-c2nc(C(=O)NC(C)c3ccc4c(c3)NC(=O)CO4)cs2)o1. The maximum Gasteiger partial charge on any atom is 0.271 e. The van der Waals surface area contributed by atoms with Gasteiger partial charge in [-0.15, -0.1) is 11.3 Å². The summed E-state index contributed by atoms with van der Waals surface area (Å²) in [5.41, 5.74) is 1.80. The molecule has 138 valence electrons. The second kappa shape index (κ2) is 6.88. The monoisotopic (exact) mass is 383 g/mol. The molecule has 3 aromatic rings. The number of aromatic nitrogens is 1. The van der Waals surface area contributed by atoms with E-state index in [9.17, 15) is 9.59 Å². The number of hydrogen-bond donors (Lipinski definition) is 2. The molecule has 0 spiro atoms. The van der Waals surface area contributed by atoms with E-state index in [-0.39, 0.29) is 24.5 Å². The fraction of sp³-hybridized carbons (Fsp3) is 0.211. The van der Waals surface area contributed by atoms with Gasteiger partial charge in [-0.05, 0) is 43.7 Å². The maximum atomic E-state index is 12.5. The minimum Gasteiger partial charge on any atom is -0.482 e. The van der Waals surface area contributed by atoms with Gasteiger partial charge in [0, 0.05) is 5.38 Å². The molecular formula is C19H17N3O4S. The molecule has 2 aromatic heterocycles. The molecule has 3 heterocycles. The second-order valence-electron chi connectivity index (χ2n) is 6.24. The minimum atomic E-state index is -0.272. The highest BCUT2D eigenvalue weighted by Gasteiger charge is 2.20. The zero-order chi connectivity index (χ0) is 19.0. The lowest BCUT2D eigenvalue weighted by Gasteiger charge is -2.20. The third-order valence-electron chi connectivity index (χ3n) is 4.17. The topological polar surface area (TPSA) is 93.5 Å². The first-order valence-electron chi connectivity index (χ1n) is 8.39. The number of aryl methyl sites for hydroxylation is 1. The van der Waals surface area contributed by atoms with Gasteiger partial charge < -0.3 is 19.8 Å². The number of anilines is 1. The van der Waals surface area contributed by atoms with Crippen LogP contribution in [0.25, 0.3) is 10.8 Å². The largest absolute Gasteiger partial charge is 0.482 e. The van der Waals surface area contributed by atoms with E-state index in [1.165, 1.54) is 11.3 Å². The van der Waals surface area contributed by atoms with Crippen LogP contribution in [-0.2, 0) is 4.79 Å². The fourth-order valence-corrected chi connectivity index (χ4v) is 3.52. The van der Waals surface area contributed by atoms with Gasteiger partial charge in [-0.1, -0.05) is 6.07 Å². The van der Waals surface area contributed by atoms with Crippen molar-refractivity contribution in [1.82, 2.24) is 10.3 Å². The van der Waals surface area contributed by atoms with Crippen LogP contribution in [0.3, 0.4) is 0 Å². The third-order valence-corrected chi connectivity index (χ3v) is 5.03. The average Bonchev–Trinajstić information content (AvgIpc) is 3.30. The molecule has 1 aliphatic rings. The summed E-state index contributed by atoms with van der Waals surface area (Å²) in [6.07, 6.45) is 0. The number of amides is 2. The van der Waals surface area contributed by atoms with Crippen LogP contribution in [0.2, 0.25) is 0 Å². The number of thiazole rings is 1. The average molecular weight is 383 g/mol. The van der Waals surface area contributed by atoms with Crippen LogP contribution >= 0.6 is 11.3 Å². The molecule has 0 bridgehead atoms. The number of carbonyl (C=O) groups excluding carboxylic acids is 2. The number of furan rings is 1. The Labute approximate surface area is 159 Å². The fourth-order valence-electron chi connectivity index (χ4n) is 2.76. The van der Waals surface area contributed by atoms with E-state index in [0.717, 1.165) is 11.3 Å². The standard InChI is InChI=1S/C19H17N3O4S/c1-10-3-5-16(26-10)19-22-14(9-27-19)18(24)20-11(2)12-4-6-15-13(7-12)21-17(23)8-25-15/h3-7,9,11H,8H2,1-2H3,(H,20,24)(H,21,23). The summed E-state index contributed by atoms with van der Waals surface area (Å²) in [6.45, 7) is 3.74. The molecule has 1 aliphatic heterocycles. The first-order valence-corrected chi connectivity index (χ1v) is 9.27. The lowest BCUT2D eigenvalue weighted by atomic mass is 10.1. The highest BCUT2D eigenvalue weighted by Crippen LogP contribution is 2.31. The molecule has 7 nitrogen and oxygen atoms in total. The van der Waals surface area contributed by atoms with E-state index in [2.05, 4.69) is 15.6 Å². The van der Waals surface area contributed by atoms with Crippen LogP contribution in [0.1, 0.15) is 34.8 Å². The Morgan fingerprint density at radius 3 is 2.96 bits per heavy atom. The molecule has 1 unspecified atom stereocenters. The number of hydrogen-bond acceptors (Lipinski definition) is 6. The zero-order valence-electron chi connectivity index (χ0n) is 14.7. The van der Waals surface area contributed by atoms with Crippen molar-refractivity contribution in [1.29, 1.82) is 0 Å². The predicted molar refractivity (Wildman–Crippen MR) is 101 cm³/mol. The second-order valence-corrected chi connectivity index (χ2v) is 7.09. The summed E-state index contributed by atoms with van der Waals surface area (Å²) >= 11 is 1.36. The molecule has 8 heteroatoms. The smallest absolute Gasteiger partial charge is 0.271 e. The summed E-state index contributed by atoms with van der Waals surface area (Å²) in [4.78, 5) is 28.4. The molecule has 0 saturated carbocycles. The number of benzene rings is 1. The molecule has 0 saturated heterocycles. The van der Waals surface area contributed by atoms with Crippen LogP contribution < -0.4 is 15.4 Å². The van der Waals surface area contributed by atoms with Crippen molar-refractivity contribution in [3.63, 3.8) is 0 Å². The number of nitrogens with one attached hydrogen (secondary N) is 2. The Bertz CT molecular complexity index is 1020. The van der Waals surface area contributed by atoms with Gasteiger partial charge in [0.15, 0.2) is 17.4 Å². The van der Waals surface area contributed by atoms with Gasteiger partial charge in [0.2, 0.25) is 0 Å². The lowest BCUT2D eigenvalue weighted by molar-refractivity contribution is -0.118. The molecule has 0 fully saturated rings. The van der Waals surface area contributed by atoms with Crippen molar-refractivity contribution in [2.75, 3.05) is 11.9 Å². The van der Waals surface area contributed by atoms with E-state index >= 15 is 0 Å². The molecule has 2 N–H and O–H groups in total. The highest BCUT2D eigenvalue weighted by molar-refractivity contribution is 7.13. The van der Waals surface area contributed by atoms with Gasteiger partial charge in [-0.3, -0.25) is 9.59 Å².